The summed E-state index contributed by atoms with van der Waals surface area (Å²) in [4.78, 5) is 15.5. The number of aromatic amines is 1. The lowest BCUT2D eigenvalue weighted by Crippen LogP contribution is -2.25. The first-order chi connectivity index (χ1) is 11.0. The fraction of sp³-hybridized carbons (Fsp3) is 0.167. The van der Waals surface area contributed by atoms with E-state index in [9.17, 15) is 4.79 Å². The van der Waals surface area contributed by atoms with Crippen molar-refractivity contribution in [3.05, 3.63) is 68.8 Å². The Morgan fingerprint density at radius 1 is 1.22 bits per heavy atom. The first kappa shape index (κ1) is 16.1. The van der Waals surface area contributed by atoms with E-state index in [0.29, 0.717) is 12.1 Å². The molecule has 0 atom stereocenters. The fourth-order valence-corrected chi connectivity index (χ4v) is 3.12. The van der Waals surface area contributed by atoms with Crippen LogP contribution in [-0.4, -0.2) is 17.4 Å². The van der Waals surface area contributed by atoms with Crippen LogP contribution in [0.25, 0.3) is 10.9 Å². The van der Waals surface area contributed by atoms with Gasteiger partial charge in [0.25, 0.3) is 5.91 Å². The van der Waals surface area contributed by atoms with E-state index in [-0.39, 0.29) is 5.91 Å². The van der Waals surface area contributed by atoms with Gasteiger partial charge in [0.05, 0.1) is 0 Å². The van der Waals surface area contributed by atoms with Gasteiger partial charge in [0.15, 0.2) is 0 Å². The van der Waals surface area contributed by atoms with Gasteiger partial charge in [-0.15, -0.1) is 0 Å². The fourth-order valence-electron chi connectivity index (χ4n) is 2.68. The van der Waals surface area contributed by atoms with E-state index >= 15 is 0 Å². The molecule has 2 N–H and O–H groups in total. The molecule has 5 heteroatoms. The average molecular weight is 392 g/mol. The van der Waals surface area contributed by atoms with Gasteiger partial charge in [0, 0.05) is 38.2 Å². The van der Waals surface area contributed by atoms with Crippen LogP contribution in [0, 0.1) is 6.92 Å². The van der Waals surface area contributed by atoms with E-state index in [1.165, 1.54) is 5.56 Å². The Hall–Kier alpha value is -1.78. The van der Waals surface area contributed by atoms with E-state index in [4.69, 9.17) is 11.6 Å². The highest BCUT2D eigenvalue weighted by Gasteiger charge is 2.10. The number of benzene rings is 2. The molecule has 3 rings (SSSR count). The van der Waals surface area contributed by atoms with Gasteiger partial charge in [0.1, 0.15) is 0 Å². The van der Waals surface area contributed by atoms with E-state index < -0.39 is 0 Å². The topological polar surface area (TPSA) is 44.9 Å². The lowest BCUT2D eigenvalue weighted by Gasteiger charge is -2.06. The number of fused-ring (bicyclic) bond motifs is 1. The summed E-state index contributed by atoms with van der Waals surface area (Å²) >= 11 is 9.45. The summed E-state index contributed by atoms with van der Waals surface area (Å²) in [6.45, 7) is 2.62. The van der Waals surface area contributed by atoms with Crippen molar-refractivity contribution in [1.29, 1.82) is 0 Å². The Bertz CT molecular complexity index is 855. The summed E-state index contributed by atoms with van der Waals surface area (Å²) in [7, 11) is 0. The zero-order valence-corrected chi connectivity index (χ0v) is 15.0. The van der Waals surface area contributed by atoms with Crippen LogP contribution in [-0.2, 0) is 6.42 Å². The molecule has 0 fully saturated rings. The summed E-state index contributed by atoms with van der Waals surface area (Å²) in [5.74, 6) is -0.0620. The molecular formula is C18H16BrClN2O. The molecule has 0 aliphatic carbocycles. The molecule has 0 saturated heterocycles. The SMILES string of the molecule is Cc1[nH]c2ccc(Cl)cc2c1CCNC(=O)c1ccc(Br)cc1. The second-order valence-electron chi connectivity index (χ2n) is 5.43. The summed E-state index contributed by atoms with van der Waals surface area (Å²) in [6, 6.07) is 13.1. The Labute approximate surface area is 148 Å². The molecule has 0 spiro atoms. The third-order valence-electron chi connectivity index (χ3n) is 3.85. The van der Waals surface area contributed by atoms with Gasteiger partial charge in [-0.3, -0.25) is 4.79 Å². The third-order valence-corrected chi connectivity index (χ3v) is 4.61. The van der Waals surface area contributed by atoms with Crippen LogP contribution in [0.15, 0.2) is 46.9 Å². The number of carbonyl (C=O) groups is 1. The average Bonchev–Trinajstić information content (AvgIpc) is 2.83. The lowest BCUT2D eigenvalue weighted by molar-refractivity contribution is 0.0954. The van der Waals surface area contributed by atoms with Crippen molar-refractivity contribution in [2.75, 3.05) is 6.54 Å². The number of H-pyrrole nitrogens is 1. The molecule has 0 unspecified atom stereocenters. The Morgan fingerprint density at radius 2 is 1.96 bits per heavy atom. The Morgan fingerprint density at radius 3 is 2.70 bits per heavy atom. The molecule has 118 valence electrons. The second kappa shape index (κ2) is 6.77. The molecule has 0 radical (unpaired) electrons. The first-order valence-corrected chi connectivity index (χ1v) is 8.52. The van der Waals surface area contributed by atoms with E-state index in [1.807, 2.05) is 37.3 Å². The van der Waals surface area contributed by atoms with Crippen LogP contribution < -0.4 is 5.32 Å². The van der Waals surface area contributed by atoms with Crippen LogP contribution in [0.4, 0.5) is 0 Å². The van der Waals surface area contributed by atoms with Crippen LogP contribution in [0.1, 0.15) is 21.6 Å². The van der Waals surface area contributed by atoms with Crippen molar-refractivity contribution < 1.29 is 4.79 Å². The predicted molar refractivity (Wildman–Crippen MR) is 98.2 cm³/mol. The maximum atomic E-state index is 12.1. The molecule has 23 heavy (non-hydrogen) atoms. The van der Waals surface area contributed by atoms with Gasteiger partial charge in [-0.05, 0) is 61.4 Å². The molecule has 3 aromatic rings. The quantitative estimate of drug-likeness (QED) is 0.655. The number of hydrogen-bond acceptors (Lipinski definition) is 1. The minimum absolute atomic E-state index is 0.0620. The monoisotopic (exact) mass is 390 g/mol. The summed E-state index contributed by atoms with van der Waals surface area (Å²) in [5, 5.41) is 4.80. The number of hydrogen-bond donors (Lipinski definition) is 2. The molecule has 0 aliphatic heterocycles. The summed E-state index contributed by atoms with van der Waals surface area (Å²) < 4.78 is 0.959. The number of amides is 1. The predicted octanol–water partition coefficient (Wildman–Crippen LogP) is 4.86. The Balaban J connectivity index is 1.69. The van der Waals surface area contributed by atoms with Gasteiger partial charge >= 0.3 is 0 Å². The molecule has 3 nitrogen and oxygen atoms in total. The number of carbonyl (C=O) groups excluding carboxylic acids is 1. The number of aromatic nitrogens is 1. The van der Waals surface area contributed by atoms with E-state index in [0.717, 1.165) is 32.5 Å². The number of rotatable bonds is 4. The minimum Gasteiger partial charge on any atom is -0.358 e. The lowest BCUT2D eigenvalue weighted by atomic mass is 10.1. The highest BCUT2D eigenvalue weighted by atomic mass is 79.9. The number of halogens is 2. The molecule has 1 aromatic heterocycles. The normalized spacial score (nSPS) is 10.9. The van der Waals surface area contributed by atoms with Crippen molar-refractivity contribution in [2.24, 2.45) is 0 Å². The molecule has 0 bridgehead atoms. The minimum atomic E-state index is -0.0620. The van der Waals surface area contributed by atoms with Crippen molar-refractivity contribution in [3.63, 3.8) is 0 Å². The van der Waals surface area contributed by atoms with E-state index in [2.05, 4.69) is 26.2 Å². The highest BCUT2D eigenvalue weighted by molar-refractivity contribution is 9.10. The van der Waals surface area contributed by atoms with Gasteiger partial charge < -0.3 is 10.3 Å². The van der Waals surface area contributed by atoms with Gasteiger partial charge in [-0.25, -0.2) is 0 Å². The molecule has 0 saturated carbocycles. The largest absolute Gasteiger partial charge is 0.358 e. The molecular weight excluding hydrogens is 376 g/mol. The zero-order valence-electron chi connectivity index (χ0n) is 12.6. The molecule has 1 heterocycles. The number of nitrogens with one attached hydrogen (secondary N) is 2. The van der Waals surface area contributed by atoms with Crippen LogP contribution in [0.2, 0.25) is 5.02 Å². The molecule has 2 aromatic carbocycles. The van der Waals surface area contributed by atoms with Gasteiger partial charge in [-0.2, -0.15) is 0 Å². The third kappa shape index (κ3) is 3.59. The van der Waals surface area contributed by atoms with Crippen LogP contribution in [0.5, 0.6) is 0 Å². The van der Waals surface area contributed by atoms with Crippen molar-refractivity contribution in [1.82, 2.24) is 10.3 Å². The van der Waals surface area contributed by atoms with Crippen molar-refractivity contribution in [3.8, 4) is 0 Å². The van der Waals surface area contributed by atoms with Crippen molar-refractivity contribution >= 4 is 44.3 Å². The smallest absolute Gasteiger partial charge is 0.251 e. The maximum Gasteiger partial charge on any atom is 0.251 e. The first-order valence-electron chi connectivity index (χ1n) is 7.35. The second-order valence-corrected chi connectivity index (χ2v) is 6.78. The molecule has 0 aliphatic rings. The maximum absolute atomic E-state index is 12.1. The van der Waals surface area contributed by atoms with Crippen LogP contribution >= 0.6 is 27.5 Å². The highest BCUT2D eigenvalue weighted by Crippen LogP contribution is 2.25. The number of aryl methyl sites for hydroxylation is 1. The van der Waals surface area contributed by atoms with Crippen molar-refractivity contribution in [2.45, 2.75) is 13.3 Å². The summed E-state index contributed by atoms with van der Waals surface area (Å²) in [6.07, 6.45) is 0.758. The molecule has 1 amide bonds. The van der Waals surface area contributed by atoms with E-state index in [1.54, 1.807) is 12.1 Å². The van der Waals surface area contributed by atoms with Crippen LogP contribution in [0.3, 0.4) is 0 Å². The standard InChI is InChI=1S/C18H16BrClN2O/c1-11-15(16-10-14(20)6-7-17(16)22-11)8-9-21-18(23)12-2-4-13(19)5-3-12/h2-7,10,22H,8-9H2,1H3,(H,21,23). The van der Waals surface area contributed by atoms with Gasteiger partial charge in [0.2, 0.25) is 0 Å². The van der Waals surface area contributed by atoms with Gasteiger partial charge in [-0.1, -0.05) is 27.5 Å². The Kier molecular flexibility index (Phi) is 4.74. The zero-order chi connectivity index (χ0) is 16.4. The summed E-state index contributed by atoms with van der Waals surface area (Å²) in [5.41, 5.74) is 4.03.